The van der Waals surface area contributed by atoms with Gasteiger partial charge in [-0.25, -0.2) is 0 Å². The molecule has 3 heterocycles. The summed E-state index contributed by atoms with van der Waals surface area (Å²) in [7, 11) is 20.0. The van der Waals surface area contributed by atoms with Gasteiger partial charge in [0.05, 0.1) is 0 Å². The van der Waals surface area contributed by atoms with Crippen LogP contribution in [0.5, 0.6) is 0 Å². The average Bonchev–Trinajstić information content (AvgIpc) is 2.55. The first kappa shape index (κ1) is 11.5. The molecule has 0 aliphatic carbocycles. The third-order valence-corrected chi connectivity index (χ3v) is 14.5. The Morgan fingerprint density at radius 3 is 1.61 bits per heavy atom. The van der Waals surface area contributed by atoms with Gasteiger partial charge in [-0.05, 0) is 0 Å². The minimum absolute atomic E-state index is 1.02. The topological polar surface area (TPSA) is 7.76 Å². The maximum absolute atomic E-state index is 6.68. The van der Waals surface area contributed by atoms with Crippen molar-refractivity contribution in [3.8, 4) is 0 Å². The van der Waals surface area contributed by atoms with Gasteiger partial charge in [-0.3, -0.25) is 0 Å². The van der Waals surface area contributed by atoms with Crippen LogP contribution in [0.1, 0.15) is 0 Å². The quantitative estimate of drug-likeness (QED) is 0.395. The van der Waals surface area contributed by atoms with Crippen molar-refractivity contribution in [3.63, 3.8) is 0 Å². The fourth-order valence-corrected chi connectivity index (χ4v) is 11.9. The number of rotatable bonds is 0. The monoisotopic (exact) mass is 415 g/mol. The van der Waals surface area contributed by atoms with Crippen molar-refractivity contribution in [3.05, 3.63) is 48.8 Å². The van der Waals surface area contributed by atoms with Crippen LogP contribution in [-0.4, -0.2) is 14.0 Å². The Kier molecular flexibility index (Phi) is 2.07. The van der Waals surface area contributed by atoms with Crippen LogP contribution in [0.3, 0.4) is 0 Å². The van der Waals surface area contributed by atoms with Gasteiger partial charge >= 0.3 is 117 Å². The Morgan fingerprint density at radius 2 is 1.17 bits per heavy atom. The Labute approximate surface area is 116 Å². The second-order valence-electron chi connectivity index (χ2n) is 4.28. The van der Waals surface area contributed by atoms with Crippen LogP contribution in [0.2, 0.25) is 0 Å². The van der Waals surface area contributed by atoms with Crippen molar-refractivity contribution in [1.82, 2.24) is 0 Å². The molecule has 3 aromatic rings. The van der Waals surface area contributed by atoms with E-state index in [0.717, 1.165) is 21.8 Å². The number of nitrogens with zero attached hydrogens (tertiary/aromatic N) is 2. The third-order valence-electron chi connectivity index (χ3n) is 3.27. The molecule has 2 nitrogen and oxygen atoms in total. The average molecular weight is 414 g/mol. The molecule has 1 aliphatic rings. The molecular weight excluding hydrogens is 406 g/mol. The van der Waals surface area contributed by atoms with Crippen LogP contribution in [0.25, 0.3) is 21.8 Å². The van der Waals surface area contributed by atoms with Gasteiger partial charge in [-0.2, -0.15) is 0 Å². The van der Waals surface area contributed by atoms with Crippen molar-refractivity contribution < 1.29 is 5.64 Å². The van der Waals surface area contributed by atoms with E-state index in [1.807, 2.05) is 42.3 Å². The number of pyridine rings is 2. The Morgan fingerprint density at radius 1 is 0.722 bits per heavy atom. The summed E-state index contributed by atoms with van der Waals surface area (Å²) in [5.74, 6) is 0. The van der Waals surface area contributed by atoms with Crippen molar-refractivity contribution >= 4 is 62.7 Å². The van der Waals surface area contributed by atoms with Crippen LogP contribution in [-0.2, 0) is 0 Å². The molecule has 91 valence electrons. The van der Waals surface area contributed by atoms with E-state index in [0.29, 0.717) is 0 Å². The van der Waals surface area contributed by atoms with Gasteiger partial charge < -0.3 is 0 Å². The summed E-state index contributed by atoms with van der Waals surface area (Å²) in [4.78, 5) is 0. The molecule has 0 amide bonds. The van der Waals surface area contributed by atoms with Crippen molar-refractivity contribution in [2.75, 3.05) is 0 Å². The maximum atomic E-state index is 6.68. The molecule has 0 spiro atoms. The predicted molar refractivity (Wildman–Crippen MR) is 76.0 cm³/mol. The number of benzene rings is 1. The fourth-order valence-electron chi connectivity index (χ4n) is 2.52. The van der Waals surface area contributed by atoms with E-state index in [4.69, 9.17) is 26.9 Å². The molecule has 1 radical (unpaired) electrons. The van der Waals surface area contributed by atoms with E-state index >= 15 is 0 Å². The van der Waals surface area contributed by atoms with Gasteiger partial charge in [0.2, 0.25) is 0 Å². The summed E-state index contributed by atoms with van der Waals surface area (Å²) in [6, 6.07) is 12.1. The summed E-state index contributed by atoms with van der Waals surface area (Å²) in [6.07, 6.45) is 3.75. The summed E-state index contributed by atoms with van der Waals surface area (Å²) < 4.78 is 3.75. The van der Waals surface area contributed by atoms with Gasteiger partial charge in [0, 0.05) is 0 Å². The van der Waals surface area contributed by atoms with E-state index in [1.54, 1.807) is 0 Å². The zero-order valence-electron chi connectivity index (χ0n) is 9.06. The molecule has 18 heavy (non-hydrogen) atoms. The first-order chi connectivity index (χ1) is 8.47. The number of halogens is 3. The first-order valence-corrected chi connectivity index (χ1v) is 16.3. The van der Waals surface area contributed by atoms with Crippen LogP contribution in [0.4, 0.5) is 0 Å². The standard InChI is InChI=1S/C12H8Cl3N2Te/c13-18(14,15)16-7-1-3-9-5-6-10-4-2-8-17(18)12(10)11(9)16/h1-8H/q+2. The molecule has 0 saturated carbocycles. The molecule has 0 unspecified atom stereocenters. The van der Waals surface area contributed by atoms with E-state index in [2.05, 4.69) is 12.1 Å². The molecule has 1 aliphatic heterocycles. The van der Waals surface area contributed by atoms with Gasteiger partial charge in [-0.1, -0.05) is 0 Å². The number of hydrogen-bond donors (Lipinski definition) is 0. The van der Waals surface area contributed by atoms with E-state index in [1.165, 1.54) is 0 Å². The van der Waals surface area contributed by atoms with E-state index in [9.17, 15) is 0 Å². The summed E-state index contributed by atoms with van der Waals surface area (Å²) in [5.41, 5.74) is 2.04. The van der Waals surface area contributed by atoms with Gasteiger partial charge in [0.1, 0.15) is 0 Å². The molecule has 2 aromatic heterocycles. The van der Waals surface area contributed by atoms with Crippen LogP contribution in [0.15, 0.2) is 48.8 Å². The van der Waals surface area contributed by atoms with E-state index in [-0.39, 0.29) is 0 Å². The van der Waals surface area contributed by atoms with Crippen LogP contribution < -0.4 is 5.64 Å². The van der Waals surface area contributed by atoms with Gasteiger partial charge in [0.15, 0.2) is 0 Å². The van der Waals surface area contributed by atoms with Gasteiger partial charge in [0.25, 0.3) is 0 Å². The summed E-state index contributed by atoms with van der Waals surface area (Å²) in [6.45, 7) is 0. The first-order valence-electron chi connectivity index (χ1n) is 5.36. The third kappa shape index (κ3) is 1.22. The van der Waals surface area contributed by atoms with Crippen molar-refractivity contribution in [2.24, 2.45) is 0 Å². The minimum atomic E-state index is -4.46. The van der Waals surface area contributed by atoms with Crippen LogP contribution in [0, 0.1) is 0 Å². The normalized spacial score (nSPS) is 21.2. The zero-order valence-corrected chi connectivity index (χ0v) is 13.7. The molecule has 6 heteroatoms. The van der Waals surface area contributed by atoms with E-state index < -0.39 is 14.0 Å². The Hall–Kier alpha value is -0.300. The molecule has 4 rings (SSSR count). The number of hydrogen-bond acceptors (Lipinski definition) is 0. The van der Waals surface area contributed by atoms with Gasteiger partial charge in [-0.15, -0.1) is 0 Å². The SMILES string of the molecule is Cl[Te]1(Cl)(Cl)[n+]2cccc3ccc4ccc[n+]1c4c32. The molecule has 0 atom stereocenters. The molecule has 0 fully saturated rings. The molecule has 0 saturated heterocycles. The molecule has 0 bridgehead atoms. The van der Waals surface area contributed by atoms with Crippen molar-refractivity contribution in [1.29, 1.82) is 0 Å². The second kappa shape index (κ2) is 3.23. The second-order valence-corrected chi connectivity index (χ2v) is 25.3. The molecule has 0 N–H and O–H groups in total. The summed E-state index contributed by atoms with van der Waals surface area (Å²) >= 11 is -4.46. The molecule has 1 aromatic carbocycles. The van der Waals surface area contributed by atoms with Crippen LogP contribution >= 0.6 is 26.9 Å². The fraction of sp³-hybridized carbons (Fsp3) is 0. The number of aromatic nitrogens is 2. The zero-order chi connectivity index (χ0) is 12.6. The predicted octanol–water partition coefficient (Wildman–Crippen LogP) is 2.88. The Bertz CT molecular complexity index is 772. The molecular formula is C12H8Cl3N2Te+2. The Balaban J connectivity index is 2.44. The van der Waals surface area contributed by atoms with Crippen molar-refractivity contribution in [2.45, 2.75) is 0 Å². The summed E-state index contributed by atoms with van der Waals surface area (Å²) in [5, 5.41) is 2.20.